The lowest BCUT2D eigenvalue weighted by Crippen LogP contribution is -2.55. The van der Waals surface area contributed by atoms with Crippen LogP contribution in [0.2, 0.25) is 0 Å². The number of piperazine rings is 1. The third-order valence-corrected chi connectivity index (χ3v) is 3.53. The zero-order valence-electron chi connectivity index (χ0n) is 11.2. The summed E-state index contributed by atoms with van der Waals surface area (Å²) in [5, 5.41) is 11.3. The largest absolute Gasteiger partial charge is 0.336 e. The molecule has 100 valence electrons. The SMILES string of the molecule is CC1CN(C(=O)c2ccc3cn[nH]c3c2)CC(C)N1. The van der Waals surface area contributed by atoms with Gasteiger partial charge in [0, 0.05) is 36.1 Å². The minimum atomic E-state index is 0.0942. The highest BCUT2D eigenvalue weighted by molar-refractivity contribution is 5.97. The van der Waals surface area contributed by atoms with Crippen molar-refractivity contribution < 1.29 is 4.79 Å². The van der Waals surface area contributed by atoms with Crippen molar-refractivity contribution in [2.24, 2.45) is 0 Å². The van der Waals surface area contributed by atoms with Crippen LogP contribution >= 0.6 is 0 Å². The molecule has 1 amide bonds. The van der Waals surface area contributed by atoms with Gasteiger partial charge in [-0.05, 0) is 26.0 Å². The molecule has 2 atom stereocenters. The second-order valence-corrected chi connectivity index (χ2v) is 5.35. The lowest BCUT2D eigenvalue weighted by Gasteiger charge is -2.36. The summed E-state index contributed by atoms with van der Waals surface area (Å²) in [6.07, 6.45) is 1.76. The van der Waals surface area contributed by atoms with Gasteiger partial charge in [-0.15, -0.1) is 0 Å². The summed E-state index contributed by atoms with van der Waals surface area (Å²) in [6.45, 7) is 5.72. The number of rotatable bonds is 1. The van der Waals surface area contributed by atoms with E-state index in [1.807, 2.05) is 23.1 Å². The Balaban J connectivity index is 1.86. The van der Waals surface area contributed by atoms with Gasteiger partial charge in [-0.1, -0.05) is 6.07 Å². The van der Waals surface area contributed by atoms with Gasteiger partial charge in [0.2, 0.25) is 0 Å². The lowest BCUT2D eigenvalue weighted by molar-refractivity contribution is 0.0674. The minimum absolute atomic E-state index is 0.0942. The van der Waals surface area contributed by atoms with E-state index in [4.69, 9.17) is 0 Å². The van der Waals surface area contributed by atoms with Gasteiger partial charge in [0.1, 0.15) is 0 Å². The first kappa shape index (κ1) is 12.2. The number of aromatic nitrogens is 2. The summed E-state index contributed by atoms with van der Waals surface area (Å²) >= 11 is 0. The van der Waals surface area contributed by atoms with Gasteiger partial charge in [0.25, 0.3) is 5.91 Å². The van der Waals surface area contributed by atoms with Crippen LogP contribution in [0.5, 0.6) is 0 Å². The van der Waals surface area contributed by atoms with Gasteiger partial charge in [-0.3, -0.25) is 9.89 Å². The number of carbonyl (C=O) groups is 1. The molecule has 1 aromatic heterocycles. The first-order valence-corrected chi connectivity index (χ1v) is 6.62. The Morgan fingerprint density at radius 2 is 2.05 bits per heavy atom. The van der Waals surface area contributed by atoms with Crippen molar-refractivity contribution in [1.29, 1.82) is 0 Å². The molecule has 5 nitrogen and oxygen atoms in total. The molecule has 1 aliphatic heterocycles. The first-order chi connectivity index (χ1) is 9.13. The molecule has 1 fully saturated rings. The van der Waals surface area contributed by atoms with Crippen LogP contribution in [0.3, 0.4) is 0 Å². The molecule has 0 bridgehead atoms. The molecule has 2 heterocycles. The van der Waals surface area contributed by atoms with E-state index >= 15 is 0 Å². The summed E-state index contributed by atoms with van der Waals surface area (Å²) in [4.78, 5) is 14.4. The van der Waals surface area contributed by atoms with E-state index < -0.39 is 0 Å². The summed E-state index contributed by atoms with van der Waals surface area (Å²) in [6, 6.07) is 6.35. The number of nitrogens with one attached hydrogen (secondary N) is 2. The van der Waals surface area contributed by atoms with Crippen molar-refractivity contribution in [2.45, 2.75) is 25.9 Å². The predicted octanol–water partition coefficient (Wildman–Crippen LogP) is 1.39. The molecule has 1 aliphatic rings. The van der Waals surface area contributed by atoms with E-state index in [1.54, 1.807) is 6.20 Å². The van der Waals surface area contributed by atoms with Crippen molar-refractivity contribution in [3.05, 3.63) is 30.0 Å². The Hall–Kier alpha value is -1.88. The Labute approximate surface area is 112 Å². The fourth-order valence-corrected chi connectivity index (χ4v) is 2.75. The fourth-order valence-electron chi connectivity index (χ4n) is 2.75. The topological polar surface area (TPSA) is 61.0 Å². The average Bonchev–Trinajstić information content (AvgIpc) is 2.83. The van der Waals surface area contributed by atoms with E-state index in [2.05, 4.69) is 29.4 Å². The monoisotopic (exact) mass is 258 g/mol. The van der Waals surface area contributed by atoms with Gasteiger partial charge >= 0.3 is 0 Å². The predicted molar refractivity (Wildman–Crippen MR) is 74.1 cm³/mol. The van der Waals surface area contributed by atoms with Crippen LogP contribution in [-0.4, -0.2) is 46.2 Å². The van der Waals surface area contributed by atoms with Crippen LogP contribution in [0.4, 0.5) is 0 Å². The molecule has 0 radical (unpaired) electrons. The molecule has 2 unspecified atom stereocenters. The molecule has 2 N–H and O–H groups in total. The van der Waals surface area contributed by atoms with Gasteiger partial charge in [-0.2, -0.15) is 5.10 Å². The molecule has 1 aromatic carbocycles. The van der Waals surface area contributed by atoms with E-state index in [1.165, 1.54) is 0 Å². The molecule has 1 saturated heterocycles. The minimum Gasteiger partial charge on any atom is -0.336 e. The third-order valence-electron chi connectivity index (χ3n) is 3.53. The maximum Gasteiger partial charge on any atom is 0.254 e. The highest BCUT2D eigenvalue weighted by atomic mass is 16.2. The summed E-state index contributed by atoms with van der Waals surface area (Å²) < 4.78 is 0. The Kier molecular flexibility index (Phi) is 2.98. The lowest BCUT2D eigenvalue weighted by atomic mass is 10.1. The Morgan fingerprint density at radius 3 is 2.79 bits per heavy atom. The van der Waals surface area contributed by atoms with Crippen LogP contribution in [0.1, 0.15) is 24.2 Å². The Morgan fingerprint density at radius 1 is 1.32 bits per heavy atom. The van der Waals surface area contributed by atoms with Crippen molar-refractivity contribution in [2.75, 3.05) is 13.1 Å². The van der Waals surface area contributed by atoms with E-state index in [9.17, 15) is 4.79 Å². The van der Waals surface area contributed by atoms with Crippen molar-refractivity contribution in [1.82, 2.24) is 20.4 Å². The molecule has 0 saturated carbocycles. The number of hydrogen-bond donors (Lipinski definition) is 2. The standard InChI is InChI=1S/C14H18N4O/c1-9-7-18(8-10(2)16-9)14(19)11-3-4-12-6-15-17-13(12)5-11/h3-6,9-10,16H,7-8H2,1-2H3,(H,15,17). The van der Waals surface area contributed by atoms with E-state index in [-0.39, 0.29) is 5.91 Å². The van der Waals surface area contributed by atoms with Crippen molar-refractivity contribution in [3.63, 3.8) is 0 Å². The highest BCUT2D eigenvalue weighted by Crippen LogP contribution is 2.16. The third kappa shape index (κ3) is 2.33. The van der Waals surface area contributed by atoms with E-state index in [0.717, 1.165) is 29.6 Å². The number of fused-ring (bicyclic) bond motifs is 1. The maximum absolute atomic E-state index is 12.5. The van der Waals surface area contributed by atoms with Crippen LogP contribution in [-0.2, 0) is 0 Å². The van der Waals surface area contributed by atoms with Gasteiger partial charge in [-0.25, -0.2) is 0 Å². The zero-order valence-corrected chi connectivity index (χ0v) is 11.2. The molecule has 2 aromatic rings. The van der Waals surface area contributed by atoms with Crippen molar-refractivity contribution in [3.8, 4) is 0 Å². The molecule has 5 heteroatoms. The smallest absolute Gasteiger partial charge is 0.254 e. The first-order valence-electron chi connectivity index (χ1n) is 6.62. The second kappa shape index (κ2) is 4.66. The van der Waals surface area contributed by atoms with Gasteiger partial charge in [0.15, 0.2) is 0 Å². The molecule has 3 rings (SSSR count). The van der Waals surface area contributed by atoms with E-state index in [0.29, 0.717) is 12.1 Å². The number of aromatic amines is 1. The zero-order chi connectivity index (χ0) is 13.4. The number of benzene rings is 1. The quantitative estimate of drug-likeness (QED) is 0.812. The number of hydrogen-bond acceptors (Lipinski definition) is 3. The molecular weight excluding hydrogens is 240 g/mol. The van der Waals surface area contributed by atoms with Crippen molar-refractivity contribution >= 4 is 16.8 Å². The summed E-state index contributed by atoms with van der Waals surface area (Å²) in [5.41, 5.74) is 1.63. The summed E-state index contributed by atoms with van der Waals surface area (Å²) in [7, 11) is 0. The van der Waals surface area contributed by atoms with Crippen LogP contribution in [0.25, 0.3) is 10.9 Å². The van der Waals surface area contributed by atoms with Crippen LogP contribution < -0.4 is 5.32 Å². The number of amides is 1. The number of carbonyl (C=O) groups excluding carboxylic acids is 1. The second-order valence-electron chi connectivity index (χ2n) is 5.35. The molecule has 0 spiro atoms. The normalized spacial score (nSPS) is 23.8. The number of H-pyrrole nitrogens is 1. The molecule has 0 aliphatic carbocycles. The number of nitrogens with zero attached hydrogens (tertiary/aromatic N) is 2. The van der Waals surface area contributed by atoms with Crippen LogP contribution in [0, 0.1) is 0 Å². The molecular formula is C14H18N4O. The van der Waals surface area contributed by atoms with Crippen LogP contribution in [0.15, 0.2) is 24.4 Å². The van der Waals surface area contributed by atoms with Gasteiger partial charge in [0.05, 0.1) is 11.7 Å². The highest BCUT2D eigenvalue weighted by Gasteiger charge is 2.25. The maximum atomic E-state index is 12.5. The summed E-state index contributed by atoms with van der Waals surface area (Å²) in [5.74, 6) is 0.0942. The fraction of sp³-hybridized carbons (Fsp3) is 0.429. The molecule has 19 heavy (non-hydrogen) atoms. The Bertz CT molecular complexity index is 596. The van der Waals surface area contributed by atoms with Gasteiger partial charge < -0.3 is 10.2 Å². The average molecular weight is 258 g/mol.